The molecule has 1 fully saturated rings. The van der Waals surface area contributed by atoms with Gasteiger partial charge in [-0.1, -0.05) is 30.1 Å². The van der Waals surface area contributed by atoms with E-state index >= 15 is 0 Å². The summed E-state index contributed by atoms with van der Waals surface area (Å²) in [6.07, 6.45) is 0.812. The number of hydrogen-bond donors (Lipinski definition) is 0. The number of carbonyl (C=O) groups excluding carboxylic acids is 1. The van der Waals surface area contributed by atoms with E-state index in [9.17, 15) is 4.79 Å². The summed E-state index contributed by atoms with van der Waals surface area (Å²) in [5, 5.41) is 1.09. The fourth-order valence-corrected chi connectivity index (χ4v) is 2.68. The summed E-state index contributed by atoms with van der Waals surface area (Å²) in [5.41, 5.74) is 0.462. The molecule has 0 radical (unpaired) electrons. The summed E-state index contributed by atoms with van der Waals surface area (Å²) in [7, 11) is 0. The first-order valence-electron chi connectivity index (χ1n) is 5.87. The van der Waals surface area contributed by atoms with Gasteiger partial charge in [0.15, 0.2) is 0 Å². The molecule has 1 heterocycles. The summed E-state index contributed by atoms with van der Waals surface area (Å²) in [5.74, 6) is 0.222. The smallest absolute Gasteiger partial charge is 0.255 e. The number of piperidine rings is 1. The van der Waals surface area contributed by atoms with Gasteiger partial charge in [-0.25, -0.2) is 0 Å². The molecule has 0 aromatic heterocycles. The maximum absolute atomic E-state index is 12.4. The van der Waals surface area contributed by atoms with Crippen LogP contribution in [0.15, 0.2) is 18.2 Å². The zero-order valence-electron chi connectivity index (χ0n) is 10.00. The SMILES string of the molecule is CC1CN(C(=O)c2cc(Cl)ccc2Cl)CCC1Cl. The fraction of sp³-hybridized carbons (Fsp3) is 0.462. The van der Waals surface area contributed by atoms with Crippen molar-refractivity contribution in [1.29, 1.82) is 0 Å². The maximum atomic E-state index is 12.4. The van der Waals surface area contributed by atoms with E-state index in [1.165, 1.54) is 0 Å². The van der Waals surface area contributed by atoms with Crippen LogP contribution in [0.25, 0.3) is 0 Å². The average molecular weight is 307 g/mol. The molecular weight excluding hydrogens is 293 g/mol. The van der Waals surface area contributed by atoms with Gasteiger partial charge in [0.25, 0.3) is 5.91 Å². The standard InChI is InChI=1S/C13H14Cl3NO/c1-8-7-17(5-4-11(8)15)13(18)10-6-9(14)2-3-12(10)16/h2-3,6,8,11H,4-5,7H2,1H3. The van der Waals surface area contributed by atoms with E-state index < -0.39 is 0 Å². The number of rotatable bonds is 1. The van der Waals surface area contributed by atoms with Crippen LogP contribution in [-0.4, -0.2) is 29.3 Å². The number of amides is 1. The lowest BCUT2D eigenvalue weighted by Crippen LogP contribution is -2.43. The number of likely N-dealkylation sites (tertiary alicyclic amines) is 1. The van der Waals surface area contributed by atoms with Crippen molar-refractivity contribution in [2.75, 3.05) is 13.1 Å². The minimum Gasteiger partial charge on any atom is -0.338 e. The summed E-state index contributed by atoms with van der Waals surface area (Å²) in [6.45, 7) is 3.38. The molecular formula is C13H14Cl3NO. The minimum absolute atomic E-state index is 0.0714. The highest BCUT2D eigenvalue weighted by Crippen LogP contribution is 2.26. The van der Waals surface area contributed by atoms with Crippen molar-refractivity contribution in [1.82, 2.24) is 4.90 Å². The lowest BCUT2D eigenvalue weighted by Gasteiger charge is -2.34. The number of benzene rings is 1. The first-order chi connectivity index (χ1) is 8.49. The third-order valence-electron chi connectivity index (χ3n) is 3.25. The van der Waals surface area contributed by atoms with Gasteiger partial charge >= 0.3 is 0 Å². The molecule has 0 N–H and O–H groups in total. The lowest BCUT2D eigenvalue weighted by atomic mass is 9.99. The molecule has 1 aliphatic rings. The van der Waals surface area contributed by atoms with E-state index in [0.29, 0.717) is 34.6 Å². The van der Waals surface area contributed by atoms with Gasteiger partial charge < -0.3 is 4.90 Å². The van der Waals surface area contributed by atoms with Gasteiger partial charge in [0.05, 0.1) is 10.6 Å². The number of nitrogens with zero attached hydrogens (tertiary/aromatic N) is 1. The first-order valence-corrected chi connectivity index (χ1v) is 7.06. The van der Waals surface area contributed by atoms with Crippen LogP contribution in [0.3, 0.4) is 0 Å². The Labute approximate surface area is 122 Å². The van der Waals surface area contributed by atoms with Gasteiger partial charge in [0, 0.05) is 23.5 Å². The second kappa shape index (κ2) is 5.68. The highest BCUT2D eigenvalue weighted by molar-refractivity contribution is 6.35. The van der Waals surface area contributed by atoms with Crippen molar-refractivity contribution >= 4 is 40.7 Å². The molecule has 1 amide bonds. The van der Waals surface area contributed by atoms with Crippen LogP contribution in [0.4, 0.5) is 0 Å². The first kappa shape index (κ1) is 14.0. The summed E-state index contributed by atoms with van der Waals surface area (Å²) in [6, 6.07) is 4.94. The van der Waals surface area contributed by atoms with E-state index in [1.54, 1.807) is 23.1 Å². The highest BCUT2D eigenvalue weighted by Gasteiger charge is 2.28. The van der Waals surface area contributed by atoms with Crippen LogP contribution in [0.5, 0.6) is 0 Å². The van der Waals surface area contributed by atoms with Gasteiger partial charge in [-0.2, -0.15) is 0 Å². The third-order valence-corrected chi connectivity index (χ3v) is 4.46. The van der Waals surface area contributed by atoms with Crippen LogP contribution >= 0.6 is 34.8 Å². The quantitative estimate of drug-likeness (QED) is 0.716. The average Bonchev–Trinajstić information content (AvgIpc) is 2.35. The molecule has 0 spiro atoms. The van der Waals surface area contributed by atoms with Crippen molar-refractivity contribution in [2.24, 2.45) is 5.92 Å². The van der Waals surface area contributed by atoms with Crippen molar-refractivity contribution in [3.05, 3.63) is 33.8 Å². The Bertz CT molecular complexity index is 464. The second-order valence-corrected chi connectivity index (χ2v) is 6.06. The van der Waals surface area contributed by atoms with Gasteiger partial charge in [0.1, 0.15) is 0 Å². The van der Waals surface area contributed by atoms with Crippen LogP contribution in [0.1, 0.15) is 23.7 Å². The molecule has 18 heavy (non-hydrogen) atoms. The summed E-state index contributed by atoms with van der Waals surface area (Å²) < 4.78 is 0. The Morgan fingerprint density at radius 3 is 2.78 bits per heavy atom. The zero-order valence-corrected chi connectivity index (χ0v) is 12.3. The molecule has 1 saturated heterocycles. The third kappa shape index (κ3) is 2.93. The van der Waals surface area contributed by atoms with Gasteiger partial charge in [0.2, 0.25) is 0 Å². The van der Waals surface area contributed by atoms with Crippen molar-refractivity contribution in [3.8, 4) is 0 Å². The number of halogens is 3. The largest absolute Gasteiger partial charge is 0.338 e. The molecule has 0 bridgehead atoms. The van der Waals surface area contributed by atoms with Crippen LogP contribution in [0, 0.1) is 5.92 Å². The molecule has 5 heteroatoms. The lowest BCUT2D eigenvalue weighted by molar-refractivity contribution is 0.0687. The molecule has 2 unspecified atom stereocenters. The Balaban J connectivity index is 2.19. The molecule has 2 rings (SSSR count). The highest BCUT2D eigenvalue weighted by atomic mass is 35.5. The van der Waals surface area contributed by atoms with Crippen molar-refractivity contribution in [2.45, 2.75) is 18.7 Å². The zero-order chi connectivity index (χ0) is 13.3. The van der Waals surface area contributed by atoms with Crippen LogP contribution in [-0.2, 0) is 0 Å². The fourth-order valence-electron chi connectivity index (χ4n) is 2.13. The molecule has 1 aromatic carbocycles. The summed E-state index contributed by atoms with van der Waals surface area (Å²) >= 11 is 18.1. The molecule has 2 nitrogen and oxygen atoms in total. The van der Waals surface area contributed by atoms with Crippen LogP contribution in [0.2, 0.25) is 10.0 Å². The summed E-state index contributed by atoms with van der Waals surface area (Å²) in [4.78, 5) is 14.2. The number of alkyl halides is 1. The maximum Gasteiger partial charge on any atom is 0.255 e. The molecule has 0 saturated carbocycles. The molecule has 98 valence electrons. The van der Waals surface area contributed by atoms with Crippen LogP contribution < -0.4 is 0 Å². The Morgan fingerprint density at radius 1 is 1.39 bits per heavy atom. The molecule has 1 aromatic rings. The Morgan fingerprint density at radius 2 is 2.11 bits per heavy atom. The van der Waals surface area contributed by atoms with Gasteiger partial charge in [-0.05, 0) is 30.5 Å². The molecule has 2 atom stereocenters. The van der Waals surface area contributed by atoms with Crippen molar-refractivity contribution < 1.29 is 4.79 Å². The van der Waals surface area contributed by atoms with E-state index in [-0.39, 0.29) is 11.3 Å². The minimum atomic E-state index is -0.0714. The van der Waals surface area contributed by atoms with E-state index in [0.717, 1.165) is 6.42 Å². The van der Waals surface area contributed by atoms with Crippen molar-refractivity contribution in [3.63, 3.8) is 0 Å². The number of hydrogen-bond acceptors (Lipinski definition) is 1. The topological polar surface area (TPSA) is 20.3 Å². The van der Waals surface area contributed by atoms with E-state index in [4.69, 9.17) is 34.8 Å². The normalized spacial score (nSPS) is 24.1. The van der Waals surface area contributed by atoms with Gasteiger partial charge in [-0.15, -0.1) is 11.6 Å². The Hall–Kier alpha value is -0.440. The Kier molecular flexibility index (Phi) is 4.41. The molecule has 0 aliphatic carbocycles. The van der Waals surface area contributed by atoms with Gasteiger partial charge in [-0.3, -0.25) is 4.79 Å². The van der Waals surface area contributed by atoms with E-state index in [2.05, 4.69) is 6.92 Å². The predicted molar refractivity (Wildman–Crippen MR) is 75.8 cm³/mol. The second-order valence-electron chi connectivity index (χ2n) is 4.66. The van der Waals surface area contributed by atoms with E-state index in [1.807, 2.05) is 0 Å². The predicted octanol–water partition coefficient (Wildman–Crippen LogP) is 4.08. The molecule has 1 aliphatic heterocycles. The monoisotopic (exact) mass is 305 g/mol. The number of carbonyl (C=O) groups is 1.